The van der Waals surface area contributed by atoms with E-state index in [0.29, 0.717) is 0 Å². The van der Waals surface area contributed by atoms with Crippen LogP contribution in [-0.2, 0) is 10.8 Å². The number of pyridine rings is 2. The lowest BCUT2D eigenvalue weighted by Gasteiger charge is -2.27. The molecule has 0 radical (unpaired) electrons. The summed E-state index contributed by atoms with van der Waals surface area (Å²) in [5.74, 6) is 1.74. The van der Waals surface area contributed by atoms with E-state index in [4.69, 9.17) is 14.4 Å². The molecule has 0 amide bonds. The Bertz CT molecular complexity index is 2020. The number of benzene rings is 4. The second-order valence-corrected chi connectivity index (χ2v) is 14.1. The predicted molar refractivity (Wildman–Crippen MR) is 196 cm³/mol. The maximum absolute atomic E-state index is 6.40. The Morgan fingerprint density at radius 2 is 0.851 bits per heavy atom. The molecule has 3 aromatic heterocycles. The summed E-state index contributed by atoms with van der Waals surface area (Å²) in [6, 6.07) is 42.2. The highest BCUT2D eigenvalue weighted by molar-refractivity contribution is 6.08. The molecule has 47 heavy (non-hydrogen) atoms. The van der Waals surface area contributed by atoms with Crippen molar-refractivity contribution in [1.29, 1.82) is 0 Å². The third-order valence-corrected chi connectivity index (χ3v) is 8.66. The topological polar surface area (TPSA) is 45.4 Å². The molecule has 7 aromatic rings. The number of nitrogens with zero attached hydrogens (tertiary/aromatic N) is 4. The van der Waals surface area contributed by atoms with Crippen LogP contribution in [0.3, 0.4) is 0 Å². The largest absolute Gasteiger partial charge is 0.456 e. The lowest BCUT2D eigenvalue weighted by molar-refractivity contribution is 0.589. The average Bonchev–Trinajstić information content (AvgIpc) is 3.43. The second kappa shape index (κ2) is 11.7. The molecular weight excluding hydrogens is 576 g/mol. The van der Waals surface area contributed by atoms with Crippen molar-refractivity contribution in [1.82, 2.24) is 9.97 Å². The van der Waals surface area contributed by atoms with Gasteiger partial charge in [0.15, 0.2) is 0 Å². The van der Waals surface area contributed by atoms with Crippen LogP contribution in [0.4, 0.5) is 34.4 Å². The predicted octanol–water partition coefficient (Wildman–Crippen LogP) is 11.9. The first-order chi connectivity index (χ1) is 22.6. The highest BCUT2D eigenvalue weighted by atomic mass is 16.3. The summed E-state index contributed by atoms with van der Waals surface area (Å²) in [5, 5.41) is 2.08. The van der Waals surface area contributed by atoms with E-state index < -0.39 is 0 Å². The van der Waals surface area contributed by atoms with Crippen LogP contribution in [0.5, 0.6) is 0 Å². The molecular formula is C42H40N4O. The Labute approximate surface area is 277 Å². The van der Waals surface area contributed by atoms with Gasteiger partial charge in [0.25, 0.3) is 0 Å². The van der Waals surface area contributed by atoms with Gasteiger partial charge in [0.1, 0.15) is 22.8 Å². The highest BCUT2D eigenvalue weighted by Gasteiger charge is 2.22. The lowest BCUT2D eigenvalue weighted by Crippen LogP contribution is -2.15. The van der Waals surface area contributed by atoms with E-state index >= 15 is 0 Å². The van der Waals surface area contributed by atoms with Crippen LogP contribution in [0.25, 0.3) is 21.9 Å². The molecule has 0 aliphatic heterocycles. The molecule has 0 saturated carbocycles. The van der Waals surface area contributed by atoms with Gasteiger partial charge in [-0.3, -0.25) is 9.80 Å². The van der Waals surface area contributed by atoms with Crippen LogP contribution in [0, 0.1) is 0 Å². The first-order valence-corrected chi connectivity index (χ1v) is 16.2. The van der Waals surface area contributed by atoms with E-state index in [1.807, 2.05) is 24.5 Å². The zero-order valence-corrected chi connectivity index (χ0v) is 27.9. The second-order valence-electron chi connectivity index (χ2n) is 14.1. The SMILES string of the molecule is CC(C)(C)c1ccnc(N(c2ccccc2)c2ccc3oc4ccc(N(c5ccccc5)c5cc(C(C)(C)C)ccn5)cc4c3c2)c1. The fraction of sp³-hybridized carbons (Fsp3) is 0.190. The normalized spacial score (nSPS) is 12.0. The molecule has 0 aliphatic rings. The molecule has 0 spiro atoms. The Morgan fingerprint density at radius 1 is 0.447 bits per heavy atom. The molecule has 0 bridgehead atoms. The molecule has 0 aliphatic carbocycles. The summed E-state index contributed by atoms with van der Waals surface area (Å²) >= 11 is 0. The zero-order chi connectivity index (χ0) is 32.8. The summed E-state index contributed by atoms with van der Waals surface area (Å²) in [7, 11) is 0. The Balaban J connectivity index is 1.40. The van der Waals surface area contributed by atoms with E-state index in [0.717, 1.165) is 56.3 Å². The van der Waals surface area contributed by atoms with Crippen LogP contribution >= 0.6 is 0 Å². The maximum Gasteiger partial charge on any atom is 0.137 e. The van der Waals surface area contributed by atoms with Crippen LogP contribution in [0.15, 0.2) is 138 Å². The first kappa shape index (κ1) is 30.2. The molecule has 0 saturated heterocycles. The van der Waals surface area contributed by atoms with Gasteiger partial charge in [0.2, 0.25) is 0 Å². The van der Waals surface area contributed by atoms with Gasteiger partial charge in [0.05, 0.1) is 0 Å². The molecule has 7 rings (SSSR count). The van der Waals surface area contributed by atoms with Gasteiger partial charge in [-0.05, 0) is 107 Å². The zero-order valence-electron chi connectivity index (χ0n) is 27.9. The number of hydrogen-bond donors (Lipinski definition) is 0. The smallest absolute Gasteiger partial charge is 0.137 e. The van der Waals surface area contributed by atoms with Gasteiger partial charge >= 0.3 is 0 Å². The van der Waals surface area contributed by atoms with Crippen molar-refractivity contribution in [2.45, 2.75) is 52.4 Å². The van der Waals surface area contributed by atoms with Gasteiger partial charge in [-0.2, -0.15) is 0 Å². The van der Waals surface area contributed by atoms with Crippen LogP contribution in [-0.4, -0.2) is 9.97 Å². The van der Waals surface area contributed by atoms with Gasteiger partial charge in [-0.15, -0.1) is 0 Å². The minimum atomic E-state index is -0.00690. The summed E-state index contributed by atoms with van der Waals surface area (Å²) in [6.07, 6.45) is 3.82. The van der Waals surface area contributed by atoms with Crippen molar-refractivity contribution < 1.29 is 4.42 Å². The van der Waals surface area contributed by atoms with Crippen molar-refractivity contribution in [3.05, 3.63) is 145 Å². The number of rotatable bonds is 6. The number of para-hydroxylation sites is 2. The molecule has 4 aromatic carbocycles. The third-order valence-electron chi connectivity index (χ3n) is 8.66. The number of hydrogen-bond acceptors (Lipinski definition) is 5. The van der Waals surface area contributed by atoms with Crippen LogP contribution in [0.1, 0.15) is 52.7 Å². The quantitative estimate of drug-likeness (QED) is 0.186. The van der Waals surface area contributed by atoms with Crippen molar-refractivity contribution in [3.8, 4) is 0 Å². The van der Waals surface area contributed by atoms with E-state index in [1.165, 1.54) is 11.1 Å². The molecule has 0 unspecified atom stereocenters. The summed E-state index contributed by atoms with van der Waals surface area (Å²) in [4.78, 5) is 14.1. The maximum atomic E-state index is 6.40. The fourth-order valence-electron chi connectivity index (χ4n) is 6.03. The number of aromatic nitrogens is 2. The molecule has 234 valence electrons. The Morgan fingerprint density at radius 3 is 1.23 bits per heavy atom. The van der Waals surface area contributed by atoms with E-state index in [9.17, 15) is 0 Å². The van der Waals surface area contributed by atoms with Crippen molar-refractivity contribution in [3.63, 3.8) is 0 Å². The highest BCUT2D eigenvalue weighted by Crippen LogP contribution is 2.42. The summed E-state index contributed by atoms with van der Waals surface area (Å²) in [6.45, 7) is 13.4. The van der Waals surface area contributed by atoms with Crippen molar-refractivity contribution >= 4 is 56.3 Å². The molecule has 5 heteroatoms. The van der Waals surface area contributed by atoms with Gasteiger partial charge in [-0.25, -0.2) is 9.97 Å². The van der Waals surface area contributed by atoms with Crippen LogP contribution < -0.4 is 9.80 Å². The van der Waals surface area contributed by atoms with E-state index in [1.54, 1.807) is 0 Å². The van der Waals surface area contributed by atoms with E-state index in [-0.39, 0.29) is 10.8 Å². The molecule has 0 atom stereocenters. The number of anilines is 6. The average molecular weight is 617 g/mol. The minimum absolute atomic E-state index is 0.00690. The molecule has 0 fully saturated rings. The first-order valence-electron chi connectivity index (χ1n) is 16.2. The minimum Gasteiger partial charge on any atom is -0.456 e. The monoisotopic (exact) mass is 616 g/mol. The van der Waals surface area contributed by atoms with E-state index in [2.05, 4.69) is 161 Å². The molecule has 0 N–H and O–H groups in total. The van der Waals surface area contributed by atoms with Crippen molar-refractivity contribution in [2.24, 2.45) is 0 Å². The summed E-state index contributed by atoms with van der Waals surface area (Å²) in [5.41, 5.74) is 8.22. The standard InChI is InChI=1S/C42H40N4O/c1-41(2,3)29-21-23-43-39(25-29)45(31-13-9-7-10-14-31)33-17-19-37-35(27-33)36-28-34(18-20-38(36)47-37)46(32-15-11-8-12-16-32)40-26-30(22-24-44-40)42(4,5)6/h7-28H,1-6H3. The number of furan rings is 1. The molecule has 5 nitrogen and oxygen atoms in total. The summed E-state index contributed by atoms with van der Waals surface area (Å²) < 4.78 is 6.40. The number of fused-ring (bicyclic) bond motifs is 3. The lowest BCUT2D eigenvalue weighted by atomic mass is 9.87. The Hall–Kier alpha value is -5.42. The van der Waals surface area contributed by atoms with Gasteiger partial charge in [0, 0.05) is 45.9 Å². The Kier molecular flexibility index (Phi) is 7.56. The fourth-order valence-corrected chi connectivity index (χ4v) is 6.03. The van der Waals surface area contributed by atoms with Crippen LogP contribution in [0.2, 0.25) is 0 Å². The molecule has 3 heterocycles. The van der Waals surface area contributed by atoms with Crippen molar-refractivity contribution in [2.75, 3.05) is 9.80 Å². The van der Waals surface area contributed by atoms with Gasteiger partial charge in [-0.1, -0.05) is 77.9 Å². The third kappa shape index (κ3) is 5.97. The van der Waals surface area contributed by atoms with Gasteiger partial charge < -0.3 is 4.42 Å².